The van der Waals surface area contributed by atoms with Gasteiger partial charge < -0.3 is 15.0 Å². The van der Waals surface area contributed by atoms with E-state index in [-0.39, 0.29) is 11.6 Å². The van der Waals surface area contributed by atoms with Gasteiger partial charge in [0, 0.05) is 24.3 Å². The van der Waals surface area contributed by atoms with Crippen LogP contribution in [0.2, 0.25) is 0 Å². The molecule has 3 rings (SSSR count). The van der Waals surface area contributed by atoms with Gasteiger partial charge in [0.1, 0.15) is 11.4 Å². The lowest BCUT2D eigenvalue weighted by Crippen LogP contribution is -2.32. The molecule has 0 heterocycles. The molecule has 0 spiro atoms. The van der Waals surface area contributed by atoms with E-state index >= 15 is 0 Å². The summed E-state index contributed by atoms with van der Waals surface area (Å²) in [4.78, 5) is 28.0. The number of hydrogen-bond acceptors (Lipinski definition) is 5. The van der Waals surface area contributed by atoms with E-state index in [2.05, 4.69) is 57.2 Å². The molecule has 0 atom stereocenters. The molecular weight excluding hydrogens is 567 g/mol. The third-order valence-corrected chi connectivity index (χ3v) is 6.26. The lowest BCUT2D eigenvalue weighted by Gasteiger charge is -2.20. The number of nitrogens with one attached hydrogen (secondary N) is 2. The fourth-order valence-corrected chi connectivity index (χ4v) is 4.23. The molecule has 0 aliphatic heterocycles. The summed E-state index contributed by atoms with van der Waals surface area (Å²) in [7, 11) is 1.61. The summed E-state index contributed by atoms with van der Waals surface area (Å²) in [6.07, 6.45) is 3.17. The molecule has 36 heavy (non-hydrogen) atoms. The van der Waals surface area contributed by atoms with Crippen molar-refractivity contribution in [3.63, 3.8) is 0 Å². The zero-order valence-corrected chi connectivity index (χ0v) is 22.7. The zero-order valence-electron chi connectivity index (χ0n) is 20.5. The maximum atomic E-state index is 13.0. The van der Waals surface area contributed by atoms with E-state index < -0.39 is 5.91 Å². The van der Waals surface area contributed by atoms with Gasteiger partial charge in [0.05, 0.1) is 16.9 Å². The van der Waals surface area contributed by atoms with Crippen molar-refractivity contribution in [3.8, 4) is 5.75 Å². The zero-order chi connectivity index (χ0) is 25.9. The smallest absolute Gasteiger partial charge is 0.287 e. The van der Waals surface area contributed by atoms with E-state index in [1.54, 1.807) is 37.5 Å². The van der Waals surface area contributed by atoms with Gasteiger partial charge in [0.2, 0.25) is 0 Å². The van der Waals surface area contributed by atoms with Crippen molar-refractivity contribution in [1.82, 2.24) is 10.7 Å². The van der Waals surface area contributed by atoms with E-state index in [0.29, 0.717) is 5.56 Å². The van der Waals surface area contributed by atoms with Gasteiger partial charge in [-0.2, -0.15) is 5.10 Å². The lowest BCUT2D eigenvalue weighted by atomic mass is 10.1. The molecule has 2 N–H and O–H groups in total. The first-order valence-corrected chi connectivity index (χ1v) is 12.6. The van der Waals surface area contributed by atoms with Crippen LogP contribution in [0.4, 0.5) is 5.69 Å². The van der Waals surface area contributed by atoms with Crippen molar-refractivity contribution in [2.75, 3.05) is 25.1 Å². The van der Waals surface area contributed by atoms with Crippen LogP contribution in [0, 0.1) is 3.57 Å². The highest BCUT2D eigenvalue weighted by atomic mass is 127. The fourth-order valence-electron chi connectivity index (χ4n) is 3.47. The molecule has 8 heteroatoms. The maximum absolute atomic E-state index is 13.0. The average molecular weight is 596 g/mol. The van der Waals surface area contributed by atoms with Gasteiger partial charge in [0.25, 0.3) is 11.8 Å². The van der Waals surface area contributed by atoms with Crippen molar-refractivity contribution in [2.24, 2.45) is 5.10 Å². The molecule has 7 nitrogen and oxygen atoms in total. The third-order valence-electron chi connectivity index (χ3n) is 5.42. The van der Waals surface area contributed by atoms with Crippen LogP contribution >= 0.6 is 22.6 Å². The number of nitrogens with zero attached hydrogens (tertiary/aromatic N) is 2. The molecule has 2 amide bonds. The number of methoxy groups -OCH3 is 1. The summed E-state index contributed by atoms with van der Waals surface area (Å²) >= 11 is 2.17. The van der Waals surface area contributed by atoms with Gasteiger partial charge in [-0.05, 0) is 96.1 Å². The van der Waals surface area contributed by atoms with Gasteiger partial charge in [-0.1, -0.05) is 30.3 Å². The van der Waals surface area contributed by atoms with Crippen molar-refractivity contribution < 1.29 is 14.3 Å². The van der Waals surface area contributed by atoms with Gasteiger partial charge in [-0.15, -0.1) is 0 Å². The first kappa shape index (κ1) is 26.9. The van der Waals surface area contributed by atoms with Gasteiger partial charge in [0.15, 0.2) is 0 Å². The largest absolute Gasteiger partial charge is 0.496 e. The van der Waals surface area contributed by atoms with E-state index in [9.17, 15) is 9.59 Å². The average Bonchev–Trinajstić information content (AvgIpc) is 2.90. The molecule has 3 aromatic carbocycles. The van der Waals surface area contributed by atoms with E-state index in [1.165, 1.54) is 6.21 Å². The highest BCUT2D eigenvalue weighted by Crippen LogP contribution is 2.21. The summed E-state index contributed by atoms with van der Waals surface area (Å²) in [5, 5.41) is 6.79. The van der Waals surface area contributed by atoms with E-state index in [1.807, 2.05) is 48.5 Å². The minimum Gasteiger partial charge on any atom is -0.496 e. The highest BCUT2D eigenvalue weighted by molar-refractivity contribution is 14.1. The molecular formula is C28H29IN4O3. The molecule has 0 radical (unpaired) electrons. The van der Waals surface area contributed by atoms with Crippen LogP contribution in [0.1, 0.15) is 35.3 Å². The third kappa shape index (κ3) is 7.42. The summed E-state index contributed by atoms with van der Waals surface area (Å²) in [6, 6.07) is 22.1. The Kier molecular flexibility index (Phi) is 10.1. The van der Waals surface area contributed by atoms with Gasteiger partial charge in [-0.3, -0.25) is 9.59 Å². The minimum atomic E-state index is -0.536. The Morgan fingerprint density at radius 3 is 2.25 bits per heavy atom. The first-order chi connectivity index (χ1) is 17.4. The van der Waals surface area contributed by atoms with E-state index in [4.69, 9.17) is 4.74 Å². The summed E-state index contributed by atoms with van der Waals surface area (Å²) in [5.74, 6) is -0.158. The number of carbonyl (C=O) groups excluding carboxylic acids is 2. The molecule has 0 aliphatic carbocycles. The molecule has 0 saturated heterocycles. The maximum Gasteiger partial charge on any atom is 0.287 e. The summed E-state index contributed by atoms with van der Waals surface area (Å²) in [6.45, 7) is 6.01. The number of halogens is 1. The molecule has 0 bridgehead atoms. The van der Waals surface area contributed by atoms with Crippen LogP contribution < -0.4 is 20.4 Å². The molecule has 0 saturated carbocycles. The Balaban J connectivity index is 1.81. The second-order valence-electron chi connectivity index (χ2n) is 7.74. The highest BCUT2D eigenvalue weighted by Gasteiger charge is 2.14. The van der Waals surface area contributed by atoms with Gasteiger partial charge >= 0.3 is 0 Å². The lowest BCUT2D eigenvalue weighted by molar-refractivity contribution is -0.117. The molecule has 0 unspecified atom stereocenters. The number of hydrogen-bond donors (Lipinski definition) is 2. The predicted molar refractivity (Wildman–Crippen MR) is 153 cm³/mol. The molecule has 0 aliphatic rings. The SMILES string of the molecule is CCN(CC)c1ccc(/C=C(/NC(=O)c2ccccc2)C(=O)N/N=C\c2ccc(OC)c(I)c2)cc1. The van der Waals surface area contributed by atoms with E-state index in [0.717, 1.165) is 39.2 Å². The van der Waals surface area contributed by atoms with Crippen molar-refractivity contribution in [2.45, 2.75) is 13.8 Å². The number of benzene rings is 3. The Labute approximate surface area is 225 Å². The van der Waals surface area contributed by atoms with Crippen molar-refractivity contribution in [3.05, 3.63) is 98.8 Å². The van der Waals surface area contributed by atoms with Crippen LogP contribution in [0.15, 0.2) is 83.6 Å². The van der Waals surface area contributed by atoms with Crippen LogP contribution in [-0.4, -0.2) is 38.2 Å². The normalized spacial score (nSPS) is 11.3. The topological polar surface area (TPSA) is 83.0 Å². The minimum absolute atomic E-state index is 0.0842. The van der Waals surface area contributed by atoms with Crippen LogP contribution in [0.5, 0.6) is 5.75 Å². The monoisotopic (exact) mass is 596 g/mol. The Morgan fingerprint density at radius 2 is 1.64 bits per heavy atom. The predicted octanol–water partition coefficient (Wildman–Crippen LogP) is 5.07. The fraction of sp³-hybridized carbons (Fsp3) is 0.179. The van der Waals surface area contributed by atoms with Gasteiger partial charge in [-0.25, -0.2) is 5.43 Å². The number of carbonyl (C=O) groups is 2. The number of rotatable bonds is 10. The Morgan fingerprint density at radius 1 is 0.972 bits per heavy atom. The van der Waals surface area contributed by atoms with Crippen LogP contribution in [0.25, 0.3) is 6.08 Å². The molecule has 186 valence electrons. The summed E-state index contributed by atoms with van der Waals surface area (Å²) in [5.41, 5.74) is 5.71. The molecule has 0 fully saturated rings. The molecule has 0 aromatic heterocycles. The quantitative estimate of drug-likeness (QED) is 0.148. The second-order valence-corrected chi connectivity index (χ2v) is 8.90. The standard InChI is InChI=1S/C28H29IN4O3/c1-4-33(5-2)23-14-11-20(12-15-23)18-25(31-27(34)22-9-7-6-8-10-22)28(35)32-30-19-21-13-16-26(36-3)24(29)17-21/h6-19H,4-5H2,1-3H3,(H,31,34)(H,32,35)/b25-18+,30-19-. The Hall–Kier alpha value is -3.66. The molecule has 3 aromatic rings. The number of ether oxygens (including phenoxy) is 1. The number of amides is 2. The van der Waals surface area contributed by atoms with Crippen molar-refractivity contribution in [1.29, 1.82) is 0 Å². The summed E-state index contributed by atoms with van der Waals surface area (Å²) < 4.78 is 6.19. The number of hydrazone groups is 1. The van der Waals surface area contributed by atoms with Crippen LogP contribution in [0.3, 0.4) is 0 Å². The number of anilines is 1. The van der Waals surface area contributed by atoms with Crippen molar-refractivity contribution >= 4 is 52.4 Å². The second kappa shape index (κ2) is 13.4. The first-order valence-electron chi connectivity index (χ1n) is 11.5. The van der Waals surface area contributed by atoms with Crippen LogP contribution in [-0.2, 0) is 4.79 Å². The Bertz CT molecular complexity index is 1240.